The summed E-state index contributed by atoms with van der Waals surface area (Å²) >= 11 is 0. The molecule has 1 aromatic carbocycles. The number of nitrogens with zero attached hydrogens (tertiary/aromatic N) is 2. The van der Waals surface area contributed by atoms with E-state index in [0.29, 0.717) is 22.8 Å². The molecule has 0 bridgehead atoms. The number of oxime groups is 1. The molecular formula is C19H24N2O4. The van der Waals surface area contributed by atoms with Crippen LogP contribution in [0.1, 0.15) is 37.7 Å². The van der Waals surface area contributed by atoms with E-state index in [1.807, 2.05) is 12.3 Å². The first-order chi connectivity index (χ1) is 12.2. The van der Waals surface area contributed by atoms with Crippen molar-refractivity contribution in [2.75, 3.05) is 27.3 Å². The maximum absolute atomic E-state index is 12.2. The smallest absolute Gasteiger partial charge is 0.369 e. The summed E-state index contributed by atoms with van der Waals surface area (Å²) in [5.74, 6) is 0.811. The van der Waals surface area contributed by atoms with Crippen molar-refractivity contribution in [3.63, 3.8) is 0 Å². The third kappa shape index (κ3) is 3.95. The molecule has 25 heavy (non-hydrogen) atoms. The molecule has 0 aromatic heterocycles. The molecule has 0 unspecified atom stereocenters. The lowest BCUT2D eigenvalue weighted by molar-refractivity contribution is -0.136. The van der Waals surface area contributed by atoms with E-state index in [2.05, 4.69) is 10.1 Å². The van der Waals surface area contributed by atoms with Crippen LogP contribution >= 0.6 is 0 Å². The van der Waals surface area contributed by atoms with Crippen LogP contribution in [0.3, 0.4) is 0 Å². The quantitative estimate of drug-likeness (QED) is 0.620. The fourth-order valence-corrected chi connectivity index (χ4v) is 3.17. The van der Waals surface area contributed by atoms with Gasteiger partial charge in [0.15, 0.2) is 11.5 Å². The number of carbonyl (C=O) groups is 1. The second kappa shape index (κ2) is 8.05. The van der Waals surface area contributed by atoms with Crippen molar-refractivity contribution in [1.82, 2.24) is 4.90 Å². The second-order valence-electron chi connectivity index (χ2n) is 6.23. The van der Waals surface area contributed by atoms with E-state index in [1.54, 1.807) is 26.4 Å². The van der Waals surface area contributed by atoms with E-state index < -0.39 is 5.97 Å². The van der Waals surface area contributed by atoms with E-state index in [9.17, 15) is 4.79 Å². The topological polar surface area (TPSA) is 60.4 Å². The first-order valence-corrected chi connectivity index (χ1v) is 8.71. The van der Waals surface area contributed by atoms with Crippen molar-refractivity contribution in [3.8, 4) is 11.5 Å². The lowest BCUT2D eigenvalue weighted by Crippen LogP contribution is -2.24. The standard InChI is InChI=1S/C19H24N2O4/c1-23-16-9-8-14(12-17(16)24-2)18-15(19(22)25-20-18)13-21-10-6-4-3-5-7-11-21/h8-9,12-13H,3-7,10-11H2,1-2H3/b15-13-. The number of ether oxygens (including phenoxy) is 2. The summed E-state index contributed by atoms with van der Waals surface area (Å²) in [7, 11) is 3.17. The van der Waals surface area contributed by atoms with E-state index >= 15 is 0 Å². The number of hydrogen-bond donors (Lipinski definition) is 0. The largest absolute Gasteiger partial charge is 0.493 e. The van der Waals surface area contributed by atoms with Gasteiger partial charge in [-0.3, -0.25) is 0 Å². The minimum absolute atomic E-state index is 0.410. The Bertz CT molecular complexity index is 689. The summed E-state index contributed by atoms with van der Waals surface area (Å²) < 4.78 is 10.6. The first kappa shape index (κ1) is 17.3. The van der Waals surface area contributed by atoms with Gasteiger partial charge in [0.05, 0.1) is 14.2 Å². The number of benzene rings is 1. The summed E-state index contributed by atoms with van der Waals surface area (Å²) in [5.41, 5.74) is 1.79. The Morgan fingerprint density at radius 2 is 1.72 bits per heavy atom. The number of likely N-dealkylation sites (tertiary alicyclic amines) is 1. The number of methoxy groups -OCH3 is 2. The average molecular weight is 344 g/mol. The Morgan fingerprint density at radius 1 is 1.04 bits per heavy atom. The molecule has 0 aliphatic carbocycles. The minimum atomic E-state index is -0.410. The normalized spacial score (nSPS) is 19.9. The minimum Gasteiger partial charge on any atom is -0.493 e. The van der Waals surface area contributed by atoms with Crippen LogP contribution in [-0.2, 0) is 9.63 Å². The highest BCUT2D eigenvalue weighted by Crippen LogP contribution is 2.30. The number of hydrogen-bond acceptors (Lipinski definition) is 6. The fourth-order valence-electron chi connectivity index (χ4n) is 3.17. The van der Waals surface area contributed by atoms with Gasteiger partial charge in [0.25, 0.3) is 0 Å². The van der Waals surface area contributed by atoms with Crippen LogP contribution < -0.4 is 9.47 Å². The molecule has 2 heterocycles. The van der Waals surface area contributed by atoms with Crippen LogP contribution in [0.5, 0.6) is 11.5 Å². The maximum atomic E-state index is 12.2. The van der Waals surface area contributed by atoms with Crippen LogP contribution in [-0.4, -0.2) is 43.9 Å². The molecule has 2 aliphatic heterocycles. The summed E-state index contributed by atoms with van der Waals surface area (Å²) in [6.45, 7) is 1.91. The Balaban J connectivity index is 1.87. The number of carbonyl (C=O) groups excluding carboxylic acids is 1. The summed E-state index contributed by atoms with van der Waals surface area (Å²) in [5, 5.41) is 3.98. The lowest BCUT2D eigenvalue weighted by atomic mass is 10.0. The van der Waals surface area contributed by atoms with Gasteiger partial charge in [0.1, 0.15) is 11.3 Å². The lowest BCUT2D eigenvalue weighted by Gasteiger charge is -2.23. The number of rotatable bonds is 4. The monoisotopic (exact) mass is 344 g/mol. The average Bonchev–Trinajstić information content (AvgIpc) is 2.97. The van der Waals surface area contributed by atoms with Crippen molar-refractivity contribution < 1.29 is 19.1 Å². The molecule has 0 radical (unpaired) electrons. The third-order valence-electron chi connectivity index (χ3n) is 4.55. The zero-order chi connectivity index (χ0) is 17.6. The van der Waals surface area contributed by atoms with Gasteiger partial charge in [0.2, 0.25) is 0 Å². The second-order valence-corrected chi connectivity index (χ2v) is 6.23. The molecule has 1 fully saturated rings. The highest BCUT2D eigenvalue weighted by Gasteiger charge is 2.28. The van der Waals surface area contributed by atoms with E-state index in [4.69, 9.17) is 14.3 Å². The highest BCUT2D eigenvalue weighted by atomic mass is 16.7. The van der Waals surface area contributed by atoms with Gasteiger partial charge >= 0.3 is 5.97 Å². The van der Waals surface area contributed by atoms with Crippen molar-refractivity contribution >= 4 is 11.7 Å². The van der Waals surface area contributed by atoms with Gasteiger partial charge in [-0.1, -0.05) is 24.4 Å². The van der Waals surface area contributed by atoms with Crippen molar-refractivity contribution in [2.24, 2.45) is 5.16 Å². The van der Waals surface area contributed by atoms with Crippen LogP contribution in [0.15, 0.2) is 35.1 Å². The van der Waals surface area contributed by atoms with Crippen molar-refractivity contribution in [2.45, 2.75) is 32.1 Å². The summed E-state index contributed by atoms with van der Waals surface area (Å²) in [6.07, 6.45) is 7.95. The van der Waals surface area contributed by atoms with Gasteiger partial charge < -0.3 is 19.2 Å². The van der Waals surface area contributed by atoms with Crippen LogP contribution in [0.4, 0.5) is 0 Å². The van der Waals surface area contributed by atoms with Gasteiger partial charge in [-0.05, 0) is 31.0 Å². The van der Waals surface area contributed by atoms with E-state index in [1.165, 1.54) is 19.3 Å². The van der Waals surface area contributed by atoms with Crippen LogP contribution in [0.25, 0.3) is 0 Å². The summed E-state index contributed by atoms with van der Waals surface area (Å²) in [4.78, 5) is 19.3. The highest BCUT2D eigenvalue weighted by molar-refractivity contribution is 6.28. The van der Waals surface area contributed by atoms with Gasteiger partial charge in [-0.2, -0.15) is 0 Å². The molecule has 6 heteroatoms. The molecule has 2 aliphatic rings. The Kier molecular flexibility index (Phi) is 5.58. The van der Waals surface area contributed by atoms with Crippen molar-refractivity contribution in [1.29, 1.82) is 0 Å². The van der Waals surface area contributed by atoms with E-state index in [0.717, 1.165) is 31.5 Å². The zero-order valence-corrected chi connectivity index (χ0v) is 14.8. The summed E-state index contributed by atoms with van der Waals surface area (Å²) in [6, 6.07) is 5.46. The molecule has 6 nitrogen and oxygen atoms in total. The molecule has 1 saturated heterocycles. The molecule has 3 rings (SSSR count). The van der Waals surface area contributed by atoms with Gasteiger partial charge in [-0.15, -0.1) is 0 Å². The molecule has 0 spiro atoms. The van der Waals surface area contributed by atoms with E-state index in [-0.39, 0.29) is 0 Å². The molecule has 0 amide bonds. The molecule has 0 atom stereocenters. The molecule has 0 N–H and O–H groups in total. The predicted octanol–water partition coefficient (Wildman–Crippen LogP) is 3.11. The molecule has 134 valence electrons. The van der Waals surface area contributed by atoms with Crippen LogP contribution in [0, 0.1) is 0 Å². The fraction of sp³-hybridized carbons (Fsp3) is 0.474. The SMILES string of the molecule is COc1ccc(C2=NOC(=O)/C2=C\N2CCCCCCC2)cc1OC. The third-order valence-corrected chi connectivity index (χ3v) is 4.55. The Labute approximate surface area is 148 Å². The van der Waals surface area contributed by atoms with Gasteiger partial charge in [-0.25, -0.2) is 4.79 Å². The first-order valence-electron chi connectivity index (χ1n) is 8.71. The van der Waals surface area contributed by atoms with Gasteiger partial charge in [0, 0.05) is 24.9 Å². The van der Waals surface area contributed by atoms with Crippen molar-refractivity contribution in [3.05, 3.63) is 35.5 Å². The maximum Gasteiger partial charge on any atom is 0.369 e. The molecular weight excluding hydrogens is 320 g/mol. The van der Waals surface area contributed by atoms with Crippen LogP contribution in [0.2, 0.25) is 0 Å². The zero-order valence-electron chi connectivity index (χ0n) is 14.8. The Morgan fingerprint density at radius 3 is 2.40 bits per heavy atom. The molecule has 0 saturated carbocycles. The Hall–Kier alpha value is -2.50. The molecule has 1 aromatic rings. The predicted molar refractivity (Wildman–Crippen MR) is 94.9 cm³/mol.